The quantitative estimate of drug-likeness (QED) is 0.135. The number of anilines is 5. The SMILES string of the molecule is C=C(/C=C\C=C/C)c1nc(-c2ccccc2)nc(-c2ccc(N3c4ccccc4C(c4ccccc4)(c4ccccc4)c4cc(N5C6=C(CCC=C6)C(C)(C)c6ccccc65)ccc43)cc2)n1. The highest BCUT2D eigenvalue weighted by molar-refractivity contribution is 5.92. The van der Waals surface area contributed by atoms with E-state index in [0.717, 1.165) is 46.7 Å². The van der Waals surface area contributed by atoms with Crippen molar-refractivity contribution in [3.8, 4) is 22.8 Å². The molecule has 8 aromatic rings. The van der Waals surface area contributed by atoms with E-state index in [1.165, 1.54) is 44.8 Å². The predicted molar refractivity (Wildman–Crippen MR) is 277 cm³/mol. The smallest absolute Gasteiger partial charge is 0.164 e. The average Bonchev–Trinajstić information content (AvgIpc) is 3.39. The van der Waals surface area contributed by atoms with Crippen molar-refractivity contribution < 1.29 is 0 Å². The van der Waals surface area contributed by atoms with Crippen LogP contribution in [0.3, 0.4) is 0 Å². The predicted octanol–water partition coefficient (Wildman–Crippen LogP) is 15.6. The molecular formula is C62H51N5. The van der Waals surface area contributed by atoms with E-state index < -0.39 is 5.41 Å². The molecule has 0 spiro atoms. The minimum atomic E-state index is -0.659. The molecule has 0 N–H and O–H groups in total. The first kappa shape index (κ1) is 41.5. The summed E-state index contributed by atoms with van der Waals surface area (Å²) in [5.74, 6) is 1.72. The molecule has 0 fully saturated rings. The van der Waals surface area contributed by atoms with Gasteiger partial charge in [0, 0.05) is 39.2 Å². The summed E-state index contributed by atoms with van der Waals surface area (Å²) in [4.78, 5) is 19.9. The van der Waals surface area contributed by atoms with Gasteiger partial charge in [-0.15, -0.1) is 0 Å². The molecule has 2 aliphatic heterocycles. The largest absolute Gasteiger partial charge is 0.310 e. The molecule has 1 aromatic heterocycles. The van der Waals surface area contributed by atoms with Crippen LogP contribution in [0.1, 0.15) is 67.3 Å². The number of para-hydroxylation sites is 2. The molecule has 0 amide bonds. The number of rotatable bonds is 9. The fourth-order valence-electron chi connectivity index (χ4n) is 10.6. The van der Waals surface area contributed by atoms with Crippen molar-refractivity contribution >= 4 is 34.0 Å². The van der Waals surface area contributed by atoms with Gasteiger partial charge < -0.3 is 9.80 Å². The van der Waals surface area contributed by atoms with Crippen LogP contribution in [-0.2, 0) is 10.8 Å². The molecule has 3 heterocycles. The summed E-state index contributed by atoms with van der Waals surface area (Å²) in [5.41, 5.74) is 16.3. The van der Waals surface area contributed by atoms with Crippen molar-refractivity contribution in [1.29, 1.82) is 0 Å². The lowest BCUT2D eigenvalue weighted by Crippen LogP contribution is -2.38. The molecule has 324 valence electrons. The van der Waals surface area contributed by atoms with E-state index in [1.807, 2.05) is 61.6 Å². The third kappa shape index (κ3) is 6.97. The van der Waals surface area contributed by atoms with Gasteiger partial charge in [0.2, 0.25) is 0 Å². The second-order valence-electron chi connectivity index (χ2n) is 17.9. The second-order valence-corrected chi connectivity index (χ2v) is 17.9. The van der Waals surface area contributed by atoms with Gasteiger partial charge in [-0.1, -0.05) is 178 Å². The maximum Gasteiger partial charge on any atom is 0.164 e. The lowest BCUT2D eigenvalue weighted by molar-refractivity contribution is 0.570. The molecule has 7 aromatic carbocycles. The summed E-state index contributed by atoms with van der Waals surface area (Å²) in [6, 6.07) is 65.9. The molecule has 11 rings (SSSR count). The Morgan fingerprint density at radius 2 is 1.10 bits per heavy atom. The maximum atomic E-state index is 5.03. The van der Waals surface area contributed by atoms with Crippen molar-refractivity contribution in [2.75, 3.05) is 9.80 Å². The highest BCUT2D eigenvalue weighted by atomic mass is 15.2. The van der Waals surface area contributed by atoms with E-state index in [0.29, 0.717) is 23.0 Å². The topological polar surface area (TPSA) is 45.2 Å². The Hall–Kier alpha value is -8.15. The van der Waals surface area contributed by atoms with Crippen LogP contribution in [-0.4, -0.2) is 15.0 Å². The van der Waals surface area contributed by atoms with Crippen LogP contribution < -0.4 is 9.80 Å². The molecule has 0 unspecified atom stereocenters. The molecule has 0 radical (unpaired) electrons. The van der Waals surface area contributed by atoms with Crippen molar-refractivity contribution in [2.24, 2.45) is 0 Å². The Labute approximate surface area is 394 Å². The monoisotopic (exact) mass is 865 g/mol. The highest BCUT2D eigenvalue weighted by Gasteiger charge is 2.47. The van der Waals surface area contributed by atoms with Crippen molar-refractivity contribution in [3.05, 3.63) is 270 Å². The van der Waals surface area contributed by atoms with Gasteiger partial charge >= 0.3 is 0 Å². The Balaban J connectivity index is 1.12. The van der Waals surface area contributed by atoms with Gasteiger partial charge in [-0.3, -0.25) is 0 Å². The average molecular weight is 866 g/mol. The van der Waals surface area contributed by atoms with E-state index in [9.17, 15) is 0 Å². The van der Waals surface area contributed by atoms with Gasteiger partial charge in [0.1, 0.15) is 0 Å². The minimum absolute atomic E-state index is 0.0929. The zero-order valence-corrected chi connectivity index (χ0v) is 38.1. The third-order valence-electron chi connectivity index (χ3n) is 13.7. The van der Waals surface area contributed by atoms with Crippen LogP contribution in [0.5, 0.6) is 0 Å². The number of hydrogen-bond donors (Lipinski definition) is 0. The van der Waals surface area contributed by atoms with E-state index in [1.54, 1.807) is 0 Å². The summed E-state index contributed by atoms with van der Waals surface area (Å²) < 4.78 is 0. The van der Waals surface area contributed by atoms with Crippen molar-refractivity contribution in [1.82, 2.24) is 15.0 Å². The van der Waals surface area contributed by atoms with Crippen LogP contribution in [0.2, 0.25) is 0 Å². The van der Waals surface area contributed by atoms with E-state index in [4.69, 9.17) is 15.0 Å². The molecule has 0 atom stereocenters. The molecule has 5 heteroatoms. The van der Waals surface area contributed by atoms with Gasteiger partial charge in [0.15, 0.2) is 17.5 Å². The first-order chi connectivity index (χ1) is 32.9. The fourth-order valence-corrected chi connectivity index (χ4v) is 10.6. The van der Waals surface area contributed by atoms with E-state index >= 15 is 0 Å². The maximum absolute atomic E-state index is 5.03. The summed E-state index contributed by atoms with van der Waals surface area (Å²) in [6.07, 6.45) is 14.6. The van der Waals surface area contributed by atoms with Gasteiger partial charge in [0.25, 0.3) is 0 Å². The zero-order valence-electron chi connectivity index (χ0n) is 38.1. The van der Waals surface area contributed by atoms with Crippen LogP contribution in [0, 0.1) is 0 Å². The molecule has 3 aliphatic rings. The van der Waals surface area contributed by atoms with Crippen molar-refractivity contribution in [3.63, 3.8) is 0 Å². The Bertz CT molecular complexity index is 3250. The number of benzene rings is 7. The van der Waals surface area contributed by atoms with Gasteiger partial charge in [-0.25, -0.2) is 15.0 Å². The standard InChI is InChI=1S/C62H51N5/c1-5-6-10-23-43(2)58-63-59(44-24-11-7-12-25-44)65-60(64-58)45-36-38-48(39-37-45)66-56-35-22-19-32-52(56)62(46-26-13-8-14-27-46,47-28-15-9-16-29-47)53-42-49(40-41-57(53)66)67-54-33-20-17-30-50(54)61(3,4)51-31-18-21-34-55(51)67/h5-17,19-30,32-42H,2,18,31H2,1,3-4H3/b6-5-,23-10-. The minimum Gasteiger partial charge on any atom is -0.310 e. The molecular weight excluding hydrogens is 815 g/mol. The van der Waals surface area contributed by atoms with Gasteiger partial charge in [0.05, 0.1) is 22.5 Å². The number of hydrogen-bond acceptors (Lipinski definition) is 5. The molecule has 0 saturated carbocycles. The summed E-state index contributed by atoms with van der Waals surface area (Å²) >= 11 is 0. The number of aromatic nitrogens is 3. The second kappa shape index (κ2) is 17.0. The first-order valence-corrected chi connectivity index (χ1v) is 23.2. The molecule has 0 bridgehead atoms. The summed E-state index contributed by atoms with van der Waals surface area (Å²) in [6.45, 7) is 11.1. The number of fused-ring (bicyclic) bond motifs is 3. The highest BCUT2D eigenvalue weighted by Crippen LogP contribution is 2.59. The van der Waals surface area contributed by atoms with E-state index in [2.05, 4.69) is 194 Å². The number of nitrogens with zero attached hydrogens (tertiary/aromatic N) is 5. The lowest BCUT2D eigenvalue weighted by Gasteiger charge is -2.48. The number of allylic oxidation sites excluding steroid dienone is 8. The van der Waals surface area contributed by atoms with Gasteiger partial charge in [-0.05, 0) is 114 Å². The Morgan fingerprint density at radius 3 is 1.76 bits per heavy atom. The lowest BCUT2D eigenvalue weighted by atomic mass is 9.62. The molecule has 67 heavy (non-hydrogen) atoms. The van der Waals surface area contributed by atoms with Crippen molar-refractivity contribution in [2.45, 2.75) is 44.4 Å². The Morgan fingerprint density at radius 1 is 0.552 bits per heavy atom. The van der Waals surface area contributed by atoms with Crippen LogP contribution >= 0.6 is 0 Å². The van der Waals surface area contributed by atoms with Crippen LogP contribution in [0.25, 0.3) is 28.3 Å². The third-order valence-corrected chi connectivity index (χ3v) is 13.7. The fraction of sp³-hybridized carbons (Fsp3) is 0.113. The molecule has 1 aliphatic carbocycles. The van der Waals surface area contributed by atoms with E-state index in [-0.39, 0.29) is 5.41 Å². The zero-order chi connectivity index (χ0) is 45.5. The molecule has 0 saturated heterocycles. The summed E-state index contributed by atoms with van der Waals surface area (Å²) in [7, 11) is 0. The van der Waals surface area contributed by atoms with Crippen LogP contribution in [0.4, 0.5) is 28.4 Å². The Kier molecular flexibility index (Phi) is 10.5. The summed E-state index contributed by atoms with van der Waals surface area (Å²) in [5, 5.41) is 0. The first-order valence-electron chi connectivity index (χ1n) is 23.2. The van der Waals surface area contributed by atoms with Gasteiger partial charge in [-0.2, -0.15) is 0 Å². The normalized spacial score (nSPS) is 15.6. The molecule has 5 nitrogen and oxygen atoms in total. The van der Waals surface area contributed by atoms with Crippen LogP contribution in [0.15, 0.2) is 236 Å².